The third-order valence-electron chi connectivity index (χ3n) is 4.45. The van der Waals surface area contributed by atoms with E-state index in [-0.39, 0.29) is 0 Å². The Morgan fingerprint density at radius 1 is 0.591 bits per heavy atom. The van der Waals surface area contributed by atoms with Gasteiger partial charge in [-0.25, -0.2) is 0 Å². The van der Waals surface area contributed by atoms with Gasteiger partial charge in [0.25, 0.3) is 0 Å². The predicted molar refractivity (Wildman–Crippen MR) is 99.2 cm³/mol. The van der Waals surface area contributed by atoms with Crippen LogP contribution in [0.25, 0.3) is 0 Å². The molecule has 0 spiro atoms. The number of unbranched alkanes of at least 4 members (excludes halogenated alkanes) is 11. The van der Waals surface area contributed by atoms with Crippen LogP contribution in [-0.4, -0.2) is 38.5 Å². The van der Waals surface area contributed by atoms with Gasteiger partial charge in [0.05, 0.1) is 27.2 Å². The molecule has 0 aromatic carbocycles. The molecule has 134 valence electrons. The second-order valence-electron chi connectivity index (χ2n) is 7.59. The molecular formula is C20H44NO+. The number of ether oxygens (including phenoxy) is 1. The van der Waals surface area contributed by atoms with Gasteiger partial charge in [0, 0.05) is 0 Å². The summed E-state index contributed by atoms with van der Waals surface area (Å²) in [6.45, 7) is 7.64. The number of hydrogen-bond donors (Lipinski definition) is 0. The largest absolute Gasteiger partial charge is 0.332 e. The lowest BCUT2D eigenvalue weighted by Gasteiger charge is -2.29. The Balaban J connectivity index is 3.32. The second-order valence-corrected chi connectivity index (χ2v) is 7.59. The molecule has 0 fully saturated rings. The van der Waals surface area contributed by atoms with Gasteiger partial charge in [-0.15, -0.1) is 0 Å². The third kappa shape index (κ3) is 16.3. The Hall–Kier alpha value is -0.0800. The van der Waals surface area contributed by atoms with Gasteiger partial charge in [-0.2, -0.15) is 0 Å². The van der Waals surface area contributed by atoms with Crippen molar-refractivity contribution >= 4 is 0 Å². The molecule has 0 aliphatic carbocycles. The van der Waals surface area contributed by atoms with E-state index < -0.39 is 0 Å². The summed E-state index contributed by atoms with van der Waals surface area (Å²) in [6.07, 6.45) is 17.8. The first kappa shape index (κ1) is 21.9. The number of hydrogen-bond acceptors (Lipinski definition) is 1. The maximum atomic E-state index is 5.89. The number of rotatable bonds is 17. The molecule has 0 rings (SSSR count). The van der Waals surface area contributed by atoms with Crippen molar-refractivity contribution in [2.24, 2.45) is 0 Å². The first-order valence-electron chi connectivity index (χ1n) is 10.0. The van der Waals surface area contributed by atoms with Gasteiger partial charge in [-0.05, 0) is 19.3 Å². The highest BCUT2D eigenvalue weighted by Crippen LogP contribution is 2.09. The Morgan fingerprint density at radius 2 is 1.05 bits per heavy atom. The zero-order chi connectivity index (χ0) is 16.5. The van der Waals surface area contributed by atoms with E-state index in [9.17, 15) is 0 Å². The molecule has 0 saturated heterocycles. The van der Waals surface area contributed by atoms with Crippen molar-refractivity contribution in [3.63, 3.8) is 0 Å². The smallest absolute Gasteiger partial charge is 0.182 e. The summed E-state index contributed by atoms with van der Waals surface area (Å²) in [5.41, 5.74) is 0. The highest BCUT2D eigenvalue weighted by Gasteiger charge is 2.13. The van der Waals surface area contributed by atoms with E-state index in [1.54, 1.807) is 0 Å². The minimum absolute atomic E-state index is 0.880. The van der Waals surface area contributed by atoms with Gasteiger partial charge < -0.3 is 9.22 Å². The van der Waals surface area contributed by atoms with E-state index in [0.29, 0.717) is 0 Å². The van der Waals surface area contributed by atoms with Crippen molar-refractivity contribution in [2.75, 3.05) is 34.0 Å². The summed E-state index contributed by atoms with van der Waals surface area (Å²) >= 11 is 0. The summed E-state index contributed by atoms with van der Waals surface area (Å²) in [6, 6.07) is 0. The Labute approximate surface area is 141 Å². The van der Waals surface area contributed by atoms with Gasteiger partial charge >= 0.3 is 0 Å². The van der Waals surface area contributed by atoms with Crippen LogP contribution in [0.4, 0.5) is 0 Å². The summed E-state index contributed by atoms with van der Waals surface area (Å²) in [5.74, 6) is 0. The van der Waals surface area contributed by atoms with Gasteiger partial charge in [0.1, 0.15) is 0 Å². The van der Waals surface area contributed by atoms with E-state index in [0.717, 1.165) is 17.8 Å². The van der Waals surface area contributed by atoms with Crippen LogP contribution in [0.1, 0.15) is 97.3 Å². The highest BCUT2D eigenvalue weighted by atomic mass is 16.5. The maximum Gasteiger partial charge on any atom is 0.182 e. The highest BCUT2D eigenvalue weighted by molar-refractivity contribution is 4.45. The van der Waals surface area contributed by atoms with Crippen LogP contribution in [0.5, 0.6) is 0 Å². The van der Waals surface area contributed by atoms with E-state index in [1.807, 2.05) is 0 Å². The molecule has 0 aliphatic rings. The quantitative estimate of drug-likeness (QED) is 0.178. The van der Waals surface area contributed by atoms with Gasteiger partial charge in [-0.1, -0.05) is 78.1 Å². The summed E-state index contributed by atoms with van der Waals surface area (Å²) in [5, 5.41) is 0. The van der Waals surface area contributed by atoms with Crippen molar-refractivity contribution < 1.29 is 9.22 Å². The monoisotopic (exact) mass is 314 g/mol. The molecule has 22 heavy (non-hydrogen) atoms. The Bertz CT molecular complexity index is 216. The van der Waals surface area contributed by atoms with Crippen LogP contribution < -0.4 is 0 Å². The fourth-order valence-electron chi connectivity index (χ4n) is 2.86. The molecule has 0 aliphatic heterocycles. The lowest BCUT2D eigenvalue weighted by atomic mass is 10.1. The Morgan fingerprint density at radius 3 is 1.59 bits per heavy atom. The summed E-state index contributed by atoms with van der Waals surface area (Å²) in [4.78, 5) is 0. The molecular weight excluding hydrogens is 270 g/mol. The zero-order valence-electron chi connectivity index (χ0n) is 16.2. The number of quaternary nitrogens is 1. The number of nitrogens with zero attached hydrogens (tertiary/aromatic N) is 1. The topological polar surface area (TPSA) is 9.23 Å². The van der Waals surface area contributed by atoms with Crippen LogP contribution in [0.15, 0.2) is 0 Å². The van der Waals surface area contributed by atoms with Crippen LogP contribution in [-0.2, 0) is 4.74 Å². The first-order chi connectivity index (χ1) is 10.6. The second kappa shape index (κ2) is 15.8. The van der Waals surface area contributed by atoms with E-state index in [1.165, 1.54) is 90.0 Å². The van der Waals surface area contributed by atoms with Crippen LogP contribution in [0.2, 0.25) is 0 Å². The maximum absolute atomic E-state index is 5.89. The molecule has 0 amide bonds. The first-order valence-corrected chi connectivity index (χ1v) is 10.0. The molecule has 0 bridgehead atoms. The average Bonchev–Trinajstić information content (AvgIpc) is 2.49. The third-order valence-corrected chi connectivity index (χ3v) is 4.45. The lowest BCUT2D eigenvalue weighted by molar-refractivity contribution is -0.909. The zero-order valence-corrected chi connectivity index (χ0v) is 16.2. The Kier molecular flexibility index (Phi) is 15.7. The molecule has 0 N–H and O–H groups in total. The van der Waals surface area contributed by atoms with Crippen LogP contribution in [0.3, 0.4) is 0 Å². The average molecular weight is 315 g/mol. The van der Waals surface area contributed by atoms with E-state index >= 15 is 0 Å². The molecule has 0 saturated carbocycles. The fourth-order valence-corrected chi connectivity index (χ4v) is 2.86. The molecule has 0 aromatic rings. The minimum Gasteiger partial charge on any atom is -0.332 e. The summed E-state index contributed by atoms with van der Waals surface area (Å²) in [7, 11) is 4.60. The molecule has 2 nitrogen and oxygen atoms in total. The van der Waals surface area contributed by atoms with Crippen molar-refractivity contribution in [3.05, 3.63) is 0 Å². The molecule has 0 aromatic heterocycles. The standard InChI is InChI=1S/C20H44NO/c1-5-7-9-11-13-15-17-19-22-20-21(3,4)18-16-14-12-10-8-6-2/h5-20H2,1-4H3/q+1. The lowest BCUT2D eigenvalue weighted by Crippen LogP contribution is -2.42. The SMILES string of the molecule is CCCCCCCCCOC[N+](C)(C)CCCCCCCC. The molecule has 0 unspecified atom stereocenters. The summed E-state index contributed by atoms with van der Waals surface area (Å²) < 4.78 is 6.91. The van der Waals surface area contributed by atoms with Gasteiger partial charge in [-0.3, -0.25) is 0 Å². The van der Waals surface area contributed by atoms with Crippen molar-refractivity contribution in [1.82, 2.24) is 0 Å². The van der Waals surface area contributed by atoms with Crippen LogP contribution in [0, 0.1) is 0 Å². The van der Waals surface area contributed by atoms with Crippen molar-refractivity contribution in [1.29, 1.82) is 0 Å². The van der Waals surface area contributed by atoms with E-state index in [2.05, 4.69) is 27.9 Å². The van der Waals surface area contributed by atoms with Crippen molar-refractivity contribution in [3.8, 4) is 0 Å². The van der Waals surface area contributed by atoms with Crippen LogP contribution >= 0.6 is 0 Å². The molecule has 0 atom stereocenters. The van der Waals surface area contributed by atoms with Gasteiger partial charge in [0.15, 0.2) is 6.73 Å². The normalized spacial score (nSPS) is 12.0. The van der Waals surface area contributed by atoms with E-state index in [4.69, 9.17) is 4.74 Å². The van der Waals surface area contributed by atoms with Crippen molar-refractivity contribution in [2.45, 2.75) is 97.3 Å². The minimum atomic E-state index is 0.880. The fraction of sp³-hybridized carbons (Fsp3) is 1.00. The predicted octanol–water partition coefficient (Wildman–Crippen LogP) is 6.15. The van der Waals surface area contributed by atoms with Gasteiger partial charge in [0.2, 0.25) is 0 Å². The molecule has 0 heterocycles. The molecule has 0 radical (unpaired) electrons. The molecule has 2 heteroatoms.